The number of hydrogen-bond donors (Lipinski definition) is 0. The highest BCUT2D eigenvalue weighted by molar-refractivity contribution is 5.75. The Morgan fingerprint density at radius 2 is 1.65 bits per heavy atom. The van der Waals surface area contributed by atoms with Gasteiger partial charge in [-0.1, -0.05) is 30.3 Å². The highest BCUT2D eigenvalue weighted by Crippen LogP contribution is 2.11. The summed E-state index contributed by atoms with van der Waals surface area (Å²) in [6, 6.07) is 16.3. The molecule has 0 fully saturated rings. The van der Waals surface area contributed by atoms with E-state index in [0.29, 0.717) is 5.75 Å². The lowest BCUT2D eigenvalue weighted by molar-refractivity contribution is -0.757. The SMILES string of the molecule is O=[N+]([O-])OCCOc1ccc(/C=[N+](\[O-])Cc2ccccc2)cc1. The molecule has 0 aliphatic carbocycles. The Hall–Kier alpha value is -3.09. The van der Waals surface area contributed by atoms with E-state index < -0.39 is 5.09 Å². The number of hydroxylamine groups is 1. The van der Waals surface area contributed by atoms with Crippen LogP contribution in [-0.4, -0.2) is 29.3 Å². The Labute approximate surface area is 133 Å². The molecule has 2 rings (SSSR count). The quantitative estimate of drug-likeness (QED) is 0.186. The van der Waals surface area contributed by atoms with Crippen molar-refractivity contribution in [3.8, 4) is 5.75 Å². The van der Waals surface area contributed by atoms with E-state index in [2.05, 4.69) is 4.84 Å². The second-order valence-electron chi connectivity index (χ2n) is 4.66. The summed E-state index contributed by atoms with van der Waals surface area (Å²) in [4.78, 5) is 14.1. The number of rotatable bonds is 8. The maximum absolute atomic E-state index is 11.9. The van der Waals surface area contributed by atoms with Crippen LogP contribution in [0.1, 0.15) is 11.1 Å². The Morgan fingerprint density at radius 3 is 2.30 bits per heavy atom. The molecular weight excluding hydrogens is 300 g/mol. The Balaban J connectivity index is 1.86. The van der Waals surface area contributed by atoms with Gasteiger partial charge < -0.3 is 14.8 Å². The molecule has 0 heterocycles. The standard InChI is InChI=1S/C16H16N2O5/c19-17(12-14-4-2-1-3-5-14)13-15-6-8-16(9-7-15)22-10-11-23-18(20)21/h1-9,13H,10-12H2/b17-13-. The average Bonchev–Trinajstić information content (AvgIpc) is 2.54. The van der Waals surface area contributed by atoms with Crippen LogP contribution in [0, 0.1) is 15.3 Å². The molecule has 0 aliphatic heterocycles. The predicted octanol–water partition coefficient (Wildman–Crippen LogP) is 2.40. The van der Waals surface area contributed by atoms with E-state index in [4.69, 9.17) is 4.74 Å². The molecule has 0 aliphatic rings. The van der Waals surface area contributed by atoms with E-state index in [0.717, 1.165) is 15.9 Å². The zero-order valence-electron chi connectivity index (χ0n) is 12.3. The van der Waals surface area contributed by atoms with Crippen LogP contribution in [0.5, 0.6) is 5.75 Å². The van der Waals surface area contributed by atoms with Gasteiger partial charge in [-0.05, 0) is 24.3 Å². The van der Waals surface area contributed by atoms with Gasteiger partial charge >= 0.3 is 0 Å². The molecule has 7 heteroatoms. The number of ether oxygens (including phenoxy) is 1. The summed E-state index contributed by atoms with van der Waals surface area (Å²) >= 11 is 0. The van der Waals surface area contributed by atoms with Crippen molar-refractivity contribution in [3.05, 3.63) is 81.0 Å². The summed E-state index contributed by atoms with van der Waals surface area (Å²) in [5.74, 6) is 0.551. The molecule has 23 heavy (non-hydrogen) atoms. The molecule has 0 N–H and O–H groups in total. The van der Waals surface area contributed by atoms with Crippen LogP contribution in [0.25, 0.3) is 0 Å². The lowest BCUT2D eigenvalue weighted by Gasteiger charge is -2.06. The highest BCUT2D eigenvalue weighted by Gasteiger charge is 2.01. The van der Waals surface area contributed by atoms with Gasteiger partial charge in [0.15, 0.2) is 12.8 Å². The molecule has 2 aromatic carbocycles. The topological polar surface area (TPSA) is 87.7 Å². The molecule has 0 atom stereocenters. The molecule has 120 valence electrons. The third-order valence-corrected chi connectivity index (χ3v) is 2.90. The first kappa shape index (κ1) is 16.3. The second-order valence-corrected chi connectivity index (χ2v) is 4.66. The van der Waals surface area contributed by atoms with Gasteiger partial charge in [0.1, 0.15) is 19.0 Å². The van der Waals surface area contributed by atoms with Crippen molar-refractivity contribution in [2.24, 2.45) is 0 Å². The third kappa shape index (κ3) is 6.04. The predicted molar refractivity (Wildman–Crippen MR) is 83.8 cm³/mol. The van der Waals surface area contributed by atoms with Crippen molar-refractivity contribution in [2.75, 3.05) is 13.2 Å². The van der Waals surface area contributed by atoms with Crippen LogP contribution >= 0.6 is 0 Å². The number of benzene rings is 2. The number of hydrogen-bond acceptors (Lipinski definition) is 5. The van der Waals surface area contributed by atoms with Gasteiger partial charge in [-0.25, -0.2) is 4.74 Å². The minimum atomic E-state index is -0.864. The van der Waals surface area contributed by atoms with E-state index >= 15 is 0 Å². The van der Waals surface area contributed by atoms with Gasteiger partial charge in [-0.3, -0.25) is 0 Å². The van der Waals surface area contributed by atoms with E-state index in [1.54, 1.807) is 24.3 Å². The van der Waals surface area contributed by atoms with Gasteiger partial charge in [-0.2, -0.15) is 0 Å². The fourth-order valence-corrected chi connectivity index (χ4v) is 1.90. The van der Waals surface area contributed by atoms with E-state index in [9.17, 15) is 15.3 Å². The monoisotopic (exact) mass is 316 g/mol. The zero-order valence-corrected chi connectivity index (χ0v) is 12.3. The maximum Gasteiger partial charge on any atom is 0.294 e. The minimum Gasteiger partial charge on any atom is -0.624 e. The van der Waals surface area contributed by atoms with E-state index in [1.807, 2.05) is 30.3 Å². The molecule has 0 radical (unpaired) electrons. The molecule has 0 saturated carbocycles. The van der Waals surface area contributed by atoms with E-state index in [1.165, 1.54) is 6.21 Å². The van der Waals surface area contributed by atoms with Gasteiger partial charge in [0.05, 0.1) is 0 Å². The van der Waals surface area contributed by atoms with Crippen LogP contribution in [0.3, 0.4) is 0 Å². The van der Waals surface area contributed by atoms with Crippen LogP contribution in [0.15, 0.2) is 54.6 Å². The minimum absolute atomic E-state index is 0.0751. The first-order chi connectivity index (χ1) is 11.1. The average molecular weight is 316 g/mol. The van der Waals surface area contributed by atoms with Crippen molar-refractivity contribution in [1.82, 2.24) is 0 Å². The lowest BCUT2D eigenvalue weighted by Crippen LogP contribution is -2.10. The fraction of sp³-hybridized carbons (Fsp3) is 0.188. The van der Waals surface area contributed by atoms with Crippen LogP contribution < -0.4 is 4.74 Å². The van der Waals surface area contributed by atoms with Gasteiger partial charge in [-0.15, -0.1) is 10.1 Å². The summed E-state index contributed by atoms with van der Waals surface area (Å²) in [5, 5.41) is 21.0. The van der Waals surface area contributed by atoms with Gasteiger partial charge in [0.25, 0.3) is 5.09 Å². The highest BCUT2D eigenvalue weighted by atomic mass is 17.0. The van der Waals surface area contributed by atoms with Crippen LogP contribution in [-0.2, 0) is 11.4 Å². The maximum atomic E-state index is 11.9. The molecule has 7 nitrogen and oxygen atoms in total. The van der Waals surface area contributed by atoms with Gasteiger partial charge in [0, 0.05) is 11.1 Å². The molecule has 0 spiro atoms. The lowest BCUT2D eigenvalue weighted by atomic mass is 10.2. The second kappa shape index (κ2) is 8.38. The molecule has 0 aromatic heterocycles. The third-order valence-electron chi connectivity index (χ3n) is 2.90. The van der Waals surface area contributed by atoms with Crippen molar-refractivity contribution in [3.63, 3.8) is 0 Å². The Kier molecular flexibility index (Phi) is 5.93. The zero-order chi connectivity index (χ0) is 16.5. The first-order valence-corrected chi connectivity index (χ1v) is 6.96. The summed E-state index contributed by atoms with van der Waals surface area (Å²) < 4.78 is 6.13. The summed E-state index contributed by atoms with van der Waals surface area (Å²) in [5.41, 5.74) is 1.68. The van der Waals surface area contributed by atoms with Crippen molar-refractivity contribution >= 4 is 6.21 Å². The van der Waals surface area contributed by atoms with Crippen LogP contribution in [0.4, 0.5) is 0 Å². The molecular formula is C16H16N2O5. The normalized spacial score (nSPS) is 11.0. The molecule has 0 amide bonds. The molecule has 2 aromatic rings. The van der Waals surface area contributed by atoms with E-state index in [-0.39, 0.29) is 19.8 Å². The van der Waals surface area contributed by atoms with Gasteiger partial charge in [0.2, 0.25) is 0 Å². The molecule has 0 bridgehead atoms. The molecule has 0 unspecified atom stereocenters. The van der Waals surface area contributed by atoms with Crippen molar-refractivity contribution in [1.29, 1.82) is 0 Å². The van der Waals surface area contributed by atoms with Crippen molar-refractivity contribution < 1.29 is 19.4 Å². The first-order valence-electron chi connectivity index (χ1n) is 6.96. The van der Waals surface area contributed by atoms with Crippen molar-refractivity contribution in [2.45, 2.75) is 6.54 Å². The number of nitrogens with zero attached hydrogens (tertiary/aromatic N) is 2. The molecule has 0 saturated heterocycles. The summed E-state index contributed by atoms with van der Waals surface area (Å²) in [7, 11) is 0. The Bertz CT molecular complexity index is 656. The Morgan fingerprint density at radius 1 is 0.957 bits per heavy atom. The summed E-state index contributed by atoms with van der Waals surface area (Å²) in [6.45, 7) is 0.218. The smallest absolute Gasteiger partial charge is 0.294 e. The summed E-state index contributed by atoms with van der Waals surface area (Å²) in [6.07, 6.45) is 1.49. The fourth-order valence-electron chi connectivity index (χ4n) is 1.90. The van der Waals surface area contributed by atoms with Crippen LogP contribution in [0.2, 0.25) is 0 Å². The largest absolute Gasteiger partial charge is 0.624 e.